The second-order valence-corrected chi connectivity index (χ2v) is 0.610. The first-order chi connectivity index (χ1) is 3.64. The number of rotatable bonds is 0. The fourth-order valence-electron chi connectivity index (χ4n) is 0. The predicted octanol–water partition coefficient (Wildman–Crippen LogP) is -1.61. The van der Waals surface area contributed by atoms with E-state index in [1.807, 2.05) is 0 Å². The average molecular weight is 248 g/mol. The van der Waals surface area contributed by atoms with Gasteiger partial charge in [-0.2, -0.15) is 0 Å². The van der Waals surface area contributed by atoms with Crippen molar-refractivity contribution in [3.63, 3.8) is 0 Å². The van der Waals surface area contributed by atoms with E-state index in [-0.39, 0.29) is 0 Å². The molecule has 0 fully saturated rings. The van der Waals surface area contributed by atoms with Crippen molar-refractivity contribution in [3.8, 4) is 0 Å². The molecule has 0 aromatic rings. The van der Waals surface area contributed by atoms with Crippen LogP contribution in [0.2, 0.25) is 0 Å². The summed E-state index contributed by atoms with van der Waals surface area (Å²) in [5.74, 6) is -3.65. The summed E-state index contributed by atoms with van der Waals surface area (Å²) in [4.78, 5) is 18.2. The summed E-state index contributed by atoms with van der Waals surface area (Å²) in [7, 11) is 0. The summed E-state index contributed by atoms with van der Waals surface area (Å²) in [5.41, 5.74) is 0. The van der Waals surface area contributed by atoms with Crippen molar-refractivity contribution in [2.24, 2.45) is 0 Å². The maximum atomic E-state index is 9.10. The summed E-state index contributed by atoms with van der Waals surface area (Å²) < 4.78 is 0. The van der Waals surface area contributed by atoms with Gasteiger partial charge in [0.1, 0.15) is 0 Å². The zero-order valence-electron chi connectivity index (χ0n) is 3.53. The summed E-state index contributed by atoms with van der Waals surface area (Å²) in [6.45, 7) is 0. The van der Waals surface area contributed by atoms with Crippen molar-refractivity contribution in [2.45, 2.75) is 0 Å². The minimum atomic E-state index is -1.82. The molecule has 0 radical (unpaired) electrons. The molecule has 4 nitrogen and oxygen atoms in total. The van der Waals surface area contributed by atoms with Crippen LogP contribution in [-0.2, 0) is 9.59 Å². The molecule has 0 aliphatic heterocycles. The van der Waals surface area contributed by atoms with Gasteiger partial charge in [0.15, 0.2) is 0 Å². The molecular weight excluding hydrogens is 246 g/mol. The molecule has 0 aliphatic rings. The summed E-state index contributed by atoms with van der Waals surface area (Å²) in [6, 6.07) is 0. The van der Waals surface area contributed by atoms with E-state index in [9.17, 15) is 0 Å². The second kappa shape index (κ2) is 6.98. The molecule has 0 saturated carbocycles. The van der Waals surface area contributed by atoms with Crippen LogP contribution < -0.4 is 0 Å². The van der Waals surface area contributed by atoms with Crippen molar-refractivity contribution < 1.29 is 19.8 Å². The van der Waals surface area contributed by atoms with E-state index in [0.29, 0.717) is 0 Å². The van der Waals surface area contributed by atoms with Gasteiger partial charge in [-0.1, -0.05) is 0 Å². The Morgan fingerprint density at radius 3 is 1.12 bits per heavy atom. The van der Waals surface area contributed by atoms with Gasteiger partial charge in [-0.15, -0.1) is 0 Å². The van der Waals surface area contributed by atoms with Gasteiger partial charge < -0.3 is 10.2 Å². The van der Waals surface area contributed by atoms with Gasteiger partial charge in [0, 0.05) is 0 Å². The van der Waals surface area contributed by atoms with Crippen LogP contribution in [0, 0.1) is 0 Å². The number of hydrogen-bond donors (Lipinski definition) is 2. The number of carbonyl (C=O) groups is 2. The van der Waals surface area contributed by atoms with Crippen LogP contribution in [0.5, 0.6) is 0 Å². The molecule has 0 heterocycles. The molecular formula is C2H2O4Se2. The Kier molecular flexibility index (Phi) is 9.48. The Morgan fingerprint density at radius 1 is 1.00 bits per heavy atom. The van der Waals surface area contributed by atoms with E-state index < -0.39 is 11.9 Å². The fourth-order valence-corrected chi connectivity index (χ4v) is 0. The number of aliphatic carboxylic acids is 2. The van der Waals surface area contributed by atoms with Gasteiger partial charge >= 0.3 is 39.2 Å². The second-order valence-electron chi connectivity index (χ2n) is 0.610. The molecule has 6 heteroatoms. The molecule has 0 unspecified atom stereocenters. The molecule has 0 aromatic carbocycles. The van der Waals surface area contributed by atoms with Crippen molar-refractivity contribution in [2.75, 3.05) is 0 Å². The van der Waals surface area contributed by atoms with E-state index in [4.69, 9.17) is 19.8 Å². The molecule has 0 aliphatic carbocycles. The Bertz CT molecular complexity index is 88.2. The van der Waals surface area contributed by atoms with Crippen molar-refractivity contribution in [1.29, 1.82) is 0 Å². The first kappa shape index (κ1) is 10.9. The van der Waals surface area contributed by atoms with Gasteiger partial charge in [0.25, 0.3) is 0 Å². The molecule has 8 heavy (non-hydrogen) atoms. The van der Waals surface area contributed by atoms with Crippen LogP contribution in [0.1, 0.15) is 0 Å². The monoisotopic (exact) mass is 250 g/mol. The van der Waals surface area contributed by atoms with Crippen LogP contribution in [0.4, 0.5) is 0 Å². The quantitative estimate of drug-likeness (QED) is 0.399. The van der Waals surface area contributed by atoms with Crippen molar-refractivity contribution in [1.82, 2.24) is 0 Å². The number of carboxylic acid groups (broad SMARTS) is 2. The normalized spacial score (nSPS) is 6.00. The van der Waals surface area contributed by atoms with Gasteiger partial charge in [-0.05, 0) is 0 Å². The van der Waals surface area contributed by atoms with Crippen LogP contribution >= 0.6 is 0 Å². The maximum absolute atomic E-state index is 9.10. The van der Waals surface area contributed by atoms with E-state index >= 15 is 0 Å². The summed E-state index contributed by atoms with van der Waals surface area (Å²) >= 11 is 5.00. The Morgan fingerprint density at radius 2 is 1.12 bits per heavy atom. The third-order valence-electron chi connectivity index (χ3n) is 0.183. The van der Waals surface area contributed by atoms with E-state index in [2.05, 4.69) is 27.3 Å². The summed E-state index contributed by atoms with van der Waals surface area (Å²) in [6.07, 6.45) is 0. The number of hydrogen-bond acceptors (Lipinski definition) is 2. The molecule has 46 valence electrons. The van der Waals surface area contributed by atoms with Crippen LogP contribution in [0.25, 0.3) is 0 Å². The molecule has 0 aromatic heterocycles. The predicted molar refractivity (Wildman–Crippen MR) is 26.8 cm³/mol. The van der Waals surface area contributed by atoms with Crippen LogP contribution in [0.3, 0.4) is 0 Å². The van der Waals surface area contributed by atoms with Crippen LogP contribution in [0.15, 0.2) is 0 Å². The topological polar surface area (TPSA) is 74.6 Å². The third-order valence-corrected chi connectivity index (χ3v) is 0.183. The first-order valence-electron chi connectivity index (χ1n) is 1.27. The van der Waals surface area contributed by atoms with E-state index in [0.717, 1.165) is 0 Å². The molecule has 0 atom stereocenters. The Balaban J connectivity index is 0. The van der Waals surface area contributed by atoms with Gasteiger partial charge in [-0.25, -0.2) is 9.59 Å². The van der Waals surface area contributed by atoms with Gasteiger partial charge in [0.05, 0.1) is 0 Å². The zero-order valence-corrected chi connectivity index (χ0v) is 6.95. The molecule has 2 N–H and O–H groups in total. The van der Waals surface area contributed by atoms with Crippen LogP contribution in [-0.4, -0.2) is 49.5 Å². The SMILES string of the molecule is O=C(O)C(=O)O.[Se]=[Se]. The first-order valence-corrected chi connectivity index (χ1v) is 5.61. The molecule has 0 bridgehead atoms. The third kappa shape index (κ3) is 9.36. The number of carboxylic acids is 2. The van der Waals surface area contributed by atoms with Gasteiger partial charge in [-0.3, -0.25) is 0 Å². The molecule has 0 saturated heterocycles. The Hall–Kier alpha value is -0.0210. The zero-order chi connectivity index (χ0) is 7.15. The van der Waals surface area contributed by atoms with Gasteiger partial charge in [0.2, 0.25) is 0 Å². The van der Waals surface area contributed by atoms with E-state index in [1.165, 1.54) is 0 Å². The molecule has 0 spiro atoms. The van der Waals surface area contributed by atoms with E-state index in [1.54, 1.807) is 0 Å². The standard InChI is InChI=1S/C2H2O4.Se2/c3-1(4)2(5)6;1-2/h(H,3,4)(H,5,6);. The average Bonchev–Trinajstić information content (AvgIpc) is 1.72. The minimum absolute atomic E-state index is 1.82. The van der Waals surface area contributed by atoms with Crippen molar-refractivity contribution >= 4 is 39.2 Å². The Labute approximate surface area is 59.4 Å². The summed E-state index contributed by atoms with van der Waals surface area (Å²) in [5, 5.41) is 14.8. The molecule has 0 amide bonds. The molecule has 0 rings (SSSR count). The van der Waals surface area contributed by atoms with Crippen molar-refractivity contribution in [3.05, 3.63) is 0 Å². The fraction of sp³-hybridized carbons (Fsp3) is 0.